The summed E-state index contributed by atoms with van der Waals surface area (Å²) in [6, 6.07) is 2.34. The fraction of sp³-hybridized carbons (Fsp3) is 1.00. The minimum Gasteiger partial charge on any atom is -0.299 e. The minimum atomic E-state index is 0.780. The van der Waals surface area contributed by atoms with Crippen LogP contribution < -0.4 is 0 Å². The molecule has 3 saturated heterocycles. The first-order chi connectivity index (χ1) is 5.18. The zero-order valence-electron chi connectivity index (χ0n) is 7.75. The van der Waals surface area contributed by atoms with Gasteiger partial charge in [-0.25, -0.2) is 0 Å². The third-order valence-electron chi connectivity index (χ3n) is 3.09. The fourth-order valence-electron chi connectivity index (χ4n) is 2.93. The highest BCUT2D eigenvalue weighted by molar-refractivity contribution is 4.94. The molecule has 11 heavy (non-hydrogen) atoms. The van der Waals surface area contributed by atoms with Gasteiger partial charge >= 0.3 is 0 Å². The minimum absolute atomic E-state index is 0.780. The third-order valence-corrected chi connectivity index (χ3v) is 3.09. The van der Waals surface area contributed by atoms with Crippen molar-refractivity contribution in [2.24, 2.45) is 0 Å². The lowest BCUT2D eigenvalue weighted by Crippen LogP contribution is -2.67. The van der Waals surface area contributed by atoms with Gasteiger partial charge in [0.15, 0.2) is 0 Å². The summed E-state index contributed by atoms with van der Waals surface area (Å²) in [5.74, 6) is 0. The van der Waals surface area contributed by atoms with Gasteiger partial charge in [-0.1, -0.05) is 0 Å². The van der Waals surface area contributed by atoms with Crippen LogP contribution >= 0.6 is 0 Å². The summed E-state index contributed by atoms with van der Waals surface area (Å²) in [6.45, 7) is 10.9. The van der Waals surface area contributed by atoms with Crippen molar-refractivity contribution in [3.05, 3.63) is 0 Å². The average molecular weight is 154 g/mol. The van der Waals surface area contributed by atoms with Crippen LogP contribution in [0.4, 0.5) is 0 Å². The summed E-state index contributed by atoms with van der Waals surface area (Å²) in [5, 5.41) is 0. The highest BCUT2D eigenvalue weighted by Crippen LogP contribution is 2.24. The van der Waals surface area contributed by atoms with Crippen molar-refractivity contribution in [2.75, 3.05) is 19.6 Å². The Kier molecular flexibility index (Phi) is 1.69. The molecule has 0 amide bonds. The number of piperazine rings is 3. The predicted octanol–water partition coefficient (Wildman–Crippen LogP) is 0.783. The van der Waals surface area contributed by atoms with E-state index in [1.54, 1.807) is 0 Å². The fourth-order valence-corrected chi connectivity index (χ4v) is 2.93. The molecule has 0 aromatic heterocycles. The van der Waals surface area contributed by atoms with Crippen LogP contribution in [0.2, 0.25) is 0 Å². The maximum atomic E-state index is 2.67. The van der Waals surface area contributed by atoms with Crippen molar-refractivity contribution in [1.29, 1.82) is 0 Å². The van der Waals surface area contributed by atoms with Gasteiger partial charge < -0.3 is 0 Å². The molecule has 2 nitrogen and oxygen atoms in total. The molecule has 3 aliphatic rings. The SMILES string of the molecule is CC1CN2CC(C)N1C(C)C2. The summed E-state index contributed by atoms with van der Waals surface area (Å²) in [6.07, 6.45) is 0. The second-order valence-corrected chi connectivity index (χ2v) is 4.21. The number of hydrogen-bond acceptors (Lipinski definition) is 2. The van der Waals surface area contributed by atoms with Crippen molar-refractivity contribution in [3.8, 4) is 0 Å². The molecule has 0 saturated carbocycles. The predicted molar refractivity (Wildman–Crippen MR) is 46.7 cm³/mol. The first kappa shape index (κ1) is 7.56. The molecule has 3 heterocycles. The summed E-state index contributed by atoms with van der Waals surface area (Å²) >= 11 is 0. The van der Waals surface area contributed by atoms with E-state index in [2.05, 4.69) is 30.6 Å². The molecule has 3 atom stereocenters. The first-order valence-electron chi connectivity index (χ1n) is 4.68. The molecule has 2 heteroatoms. The van der Waals surface area contributed by atoms with E-state index in [9.17, 15) is 0 Å². The second kappa shape index (κ2) is 2.46. The molecule has 0 radical (unpaired) electrons. The van der Waals surface area contributed by atoms with Gasteiger partial charge in [0.05, 0.1) is 0 Å². The Morgan fingerprint density at radius 2 is 1.18 bits per heavy atom. The first-order valence-corrected chi connectivity index (χ1v) is 4.68. The smallest absolute Gasteiger partial charge is 0.0201 e. The van der Waals surface area contributed by atoms with Gasteiger partial charge in [0, 0.05) is 37.8 Å². The van der Waals surface area contributed by atoms with Crippen LogP contribution in [-0.4, -0.2) is 47.6 Å². The van der Waals surface area contributed by atoms with Crippen molar-refractivity contribution < 1.29 is 0 Å². The molecule has 0 aliphatic carbocycles. The molecule has 3 rings (SSSR count). The molecule has 3 fully saturated rings. The summed E-state index contributed by atoms with van der Waals surface area (Å²) in [4.78, 5) is 5.26. The van der Waals surface area contributed by atoms with Crippen LogP contribution in [-0.2, 0) is 0 Å². The molecule has 64 valence electrons. The molecule has 3 unspecified atom stereocenters. The standard InChI is InChI=1S/C9H18N2/c1-7-4-10-5-8(2)11(7)9(3)6-10/h7-9H,4-6H2,1-3H3. The van der Waals surface area contributed by atoms with E-state index in [4.69, 9.17) is 0 Å². The maximum Gasteiger partial charge on any atom is 0.0201 e. The van der Waals surface area contributed by atoms with Crippen molar-refractivity contribution >= 4 is 0 Å². The van der Waals surface area contributed by atoms with Gasteiger partial charge in [-0.3, -0.25) is 9.80 Å². The molecule has 3 aliphatic heterocycles. The lowest BCUT2D eigenvalue weighted by atomic mass is 9.99. The normalized spacial score (nSPS) is 56.5. The Bertz CT molecular complexity index is 129. The monoisotopic (exact) mass is 154 g/mol. The Morgan fingerprint density at radius 3 is 1.36 bits per heavy atom. The van der Waals surface area contributed by atoms with Gasteiger partial charge in [-0.2, -0.15) is 0 Å². The Hall–Kier alpha value is -0.0800. The Morgan fingerprint density at radius 1 is 0.818 bits per heavy atom. The van der Waals surface area contributed by atoms with Crippen molar-refractivity contribution in [2.45, 2.75) is 38.9 Å². The van der Waals surface area contributed by atoms with Gasteiger partial charge in [-0.05, 0) is 20.8 Å². The number of nitrogens with zero attached hydrogens (tertiary/aromatic N) is 2. The topological polar surface area (TPSA) is 6.48 Å². The second-order valence-electron chi connectivity index (χ2n) is 4.21. The van der Waals surface area contributed by atoms with Gasteiger partial charge in [0.1, 0.15) is 0 Å². The van der Waals surface area contributed by atoms with E-state index < -0.39 is 0 Å². The highest BCUT2D eigenvalue weighted by atomic mass is 15.4. The van der Waals surface area contributed by atoms with E-state index >= 15 is 0 Å². The summed E-state index contributed by atoms with van der Waals surface area (Å²) in [7, 11) is 0. The quantitative estimate of drug-likeness (QED) is 0.509. The molecule has 0 spiro atoms. The van der Waals surface area contributed by atoms with Crippen LogP contribution in [0, 0.1) is 0 Å². The molecule has 0 aromatic rings. The zero-order valence-corrected chi connectivity index (χ0v) is 7.75. The van der Waals surface area contributed by atoms with Crippen LogP contribution in [0.3, 0.4) is 0 Å². The zero-order chi connectivity index (χ0) is 8.01. The van der Waals surface area contributed by atoms with Crippen molar-refractivity contribution in [3.63, 3.8) is 0 Å². The number of hydrogen-bond donors (Lipinski definition) is 0. The highest BCUT2D eigenvalue weighted by Gasteiger charge is 2.38. The maximum absolute atomic E-state index is 2.67. The van der Waals surface area contributed by atoms with E-state index in [1.807, 2.05) is 0 Å². The van der Waals surface area contributed by atoms with E-state index in [1.165, 1.54) is 19.6 Å². The largest absolute Gasteiger partial charge is 0.299 e. The lowest BCUT2D eigenvalue weighted by Gasteiger charge is -2.54. The number of fused-ring (bicyclic) bond motifs is 3. The Balaban J connectivity index is 2.16. The van der Waals surface area contributed by atoms with Crippen LogP contribution in [0.25, 0.3) is 0 Å². The molecule has 2 bridgehead atoms. The van der Waals surface area contributed by atoms with Gasteiger partial charge in [0.2, 0.25) is 0 Å². The van der Waals surface area contributed by atoms with Crippen LogP contribution in [0.5, 0.6) is 0 Å². The van der Waals surface area contributed by atoms with Gasteiger partial charge in [0.25, 0.3) is 0 Å². The lowest BCUT2D eigenvalue weighted by molar-refractivity contribution is -0.0553. The Labute approximate surface area is 69.2 Å². The molecular weight excluding hydrogens is 136 g/mol. The third kappa shape index (κ3) is 1.09. The molecule has 0 N–H and O–H groups in total. The molecule has 0 aromatic carbocycles. The van der Waals surface area contributed by atoms with E-state index in [-0.39, 0.29) is 0 Å². The van der Waals surface area contributed by atoms with E-state index in [0.717, 1.165) is 18.1 Å². The number of rotatable bonds is 0. The van der Waals surface area contributed by atoms with Crippen LogP contribution in [0.15, 0.2) is 0 Å². The summed E-state index contributed by atoms with van der Waals surface area (Å²) < 4.78 is 0. The van der Waals surface area contributed by atoms with Crippen LogP contribution in [0.1, 0.15) is 20.8 Å². The van der Waals surface area contributed by atoms with Crippen molar-refractivity contribution in [1.82, 2.24) is 9.80 Å². The summed E-state index contributed by atoms with van der Waals surface area (Å²) in [5.41, 5.74) is 0. The van der Waals surface area contributed by atoms with Gasteiger partial charge in [-0.15, -0.1) is 0 Å². The van der Waals surface area contributed by atoms with E-state index in [0.29, 0.717) is 0 Å². The average Bonchev–Trinajstić information content (AvgIpc) is 1.82. The molecular formula is C9H18N2.